The Morgan fingerprint density at radius 3 is 2.89 bits per heavy atom. The molecule has 0 saturated heterocycles. The van der Waals surface area contributed by atoms with Gasteiger partial charge in [0.05, 0.1) is 11.0 Å². The first-order chi connectivity index (χ1) is 8.58. The van der Waals surface area contributed by atoms with Gasteiger partial charge in [-0.05, 0) is 12.1 Å². The number of hydrogen-bond acceptors (Lipinski definition) is 5. The summed E-state index contributed by atoms with van der Waals surface area (Å²) in [6, 6.07) is 2.88. The number of phenols is 1. The second-order valence-corrected chi connectivity index (χ2v) is 3.36. The number of aromatic hydroxyl groups is 1. The average Bonchev–Trinajstić information content (AvgIpc) is 2.84. The van der Waals surface area contributed by atoms with Gasteiger partial charge in [-0.25, -0.2) is 9.78 Å². The van der Waals surface area contributed by atoms with Gasteiger partial charge in [-0.3, -0.25) is 14.7 Å². The Hall–Kier alpha value is -2.90. The number of nitrogens with one attached hydrogen (secondary N) is 1. The molecule has 0 spiro atoms. The lowest BCUT2D eigenvalue weighted by molar-refractivity contribution is -0.384. The van der Waals surface area contributed by atoms with E-state index in [0.717, 1.165) is 10.6 Å². The van der Waals surface area contributed by atoms with Crippen LogP contribution >= 0.6 is 0 Å². The van der Waals surface area contributed by atoms with Gasteiger partial charge in [0.15, 0.2) is 0 Å². The van der Waals surface area contributed by atoms with Crippen molar-refractivity contribution in [3.63, 3.8) is 0 Å². The number of anilines is 1. The smallest absolute Gasteiger partial charge is 0.331 e. The second kappa shape index (κ2) is 4.53. The van der Waals surface area contributed by atoms with Crippen LogP contribution in [0.25, 0.3) is 0 Å². The van der Waals surface area contributed by atoms with E-state index in [1.165, 1.54) is 30.9 Å². The summed E-state index contributed by atoms with van der Waals surface area (Å²) >= 11 is 0. The van der Waals surface area contributed by atoms with Gasteiger partial charge in [0.1, 0.15) is 17.8 Å². The van der Waals surface area contributed by atoms with Crippen LogP contribution in [0.5, 0.6) is 5.75 Å². The standard InChI is InChI=1S/C10H8N4O4/c15-7-1-2-8(9(5-7)14(17)18)12-10(16)13-4-3-11-6-13/h1-6,15H,(H,12,16). The summed E-state index contributed by atoms with van der Waals surface area (Å²) in [5, 5.41) is 22.3. The number of hydrogen-bond donors (Lipinski definition) is 2. The van der Waals surface area contributed by atoms with Crippen molar-refractivity contribution in [3.8, 4) is 5.75 Å². The fraction of sp³-hybridized carbons (Fsp3) is 0. The van der Waals surface area contributed by atoms with E-state index < -0.39 is 11.0 Å². The molecule has 1 heterocycles. The zero-order chi connectivity index (χ0) is 13.1. The van der Waals surface area contributed by atoms with Crippen molar-refractivity contribution < 1.29 is 14.8 Å². The van der Waals surface area contributed by atoms with Crippen LogP contribution in [0, 0.1) is 10.1 Å². The minimum atomic E-state index is -0.691. The first-order valence-corrected chi connectivity index (χ1v) is 4.84. The second-order valence-electron chi connectivity index (χ2n) is 3.36. The summed E-state index contributed by atoms with van der Waals surface area (Å²) in [6.45, 7) is 0. The highest BCUT2D eigenvalue weighted by Gasteiger charge is 2.17. The Balaban J connectivity index is 2.29. The van der Waals surface area contributed by atoms with Gasteiger partial charge in [-0.15, -0.1) is 0 Å². The van der Waals surface area contributed by atoms with Gasteiger partial charge in [-0.2, -0.15) is 0 Å². The minimum Gasteiger partial charge on any atom is -0.508 e. The molecule has 2 rings (SSSR count). The molecule has 8 nitrogen and oxygen atoms in total. The molecule has 0 saturated carbocycles. The number of nitro benzene ring substituents is 1. The van der Waals surface area contributed by atoms with Crippen molar-refractivity contribution in [2.24, 2.45) is 0 Å². The highest BCUT2D eigenvalue weighted by atomic mass is 16.6. The summed E-state index contributed by atoms with van der Waals surface area (Å²) in [7, 11) is 0. The molecule has 0 aliphatic heterocycles. The van der Waals surface area contributed by atoms with Crippen LogP contribution in [0.3, 0.4) is 0 Å². The Bertz CT molecular complexity index is 594. The molecular weight excluding hydrogens is 240 g/mol. The summed E-state index contributed by atoms with van der Waals surface area (Å²) in [6.07, 6.45) is 4.08. The van der Waals surface area contributed by atoms with Crippen molar-refractivity contribution in [3.05, 3.63) is 47.0 Å². The minimum absolute atomic E-state index is 0.00324. The van der Waals surface area contributed by atoms with E-state index in [1.807, 2.05) is 0 Å². The molecule has 1 aromatic heterocycles. The summed E-state index contributed by atoms with van der Waals surface area (Å²) in [4.78, 5) is 25.4. The maximum Gasteiger partial charge on any atom is 0.331 e. The molecule has 0 radical (unpaired) electrons. The molecule has 0 bridgehead atoms. The van der Waals surface area contributed by atoms with E-state index in [9.17, 15) is 20.0 Å². The lowest BCUT2D eigenvalue weighted by Crippen LogP contribution is -2.18. The van der Waals surface area contributed by atoms with Gasteiger partial charge in [0.25, 0.3) is 5.69 Å². The Labute approximate surface area is 101 Å². The average molecular weight is 248 g/mol. The van der Waals surface area contributed by atoms with Gasteiger partial charge >= 0.3 is 6.03 Å². The normalized spacial score (nSPS) is 10.0. The number of aromatic nitrogens is 2. The Kier molecular flexibility index (Phi) is 2.92. The first kappa shape index (κ1) is 11.6. The SMILES string of the molecule is O=C(Nc1ccc(O)cc1[N+](=O)[O-])n1ccnc1. The Morgan fingerprint density at radius 1 is 1.50 bits per heavy atom. The maximum atomic E-state index is 11.7. The summed E-state index contributed by atoms with van der Waals surface area (Å²) in [5.74, 6) is -0.248. The van der Waals surface area contributed by atoms with Gasteiger partial charge < -0.3 is 10.4 Å². The van der Waals surface area contributed by atoms with Crippen molar-refractivity contribution in [2.45, 2.75) is 0 Å². The summed E-state index contributed by atoms with van der Waals surface area (Å²) < 4.78 is 1.14. The third kappa shape index (κ3) is 2.26. The van der Waals surface area contributed by atoms with Crippen LogP contribution in [-0.4, -0.2) is 25.6 Å². The van der Waals surface area contributed by atoms with Crippen LogP contribution in [-0.2, 0) is 0 Å². The molecule has 18 heavy (non-hydrogen) atoms. The number of phenolic OH excluding ortho intramolecular Hbond substituents is 1. The van der Waals surface area contributed by atoms with Crippen LogP contribution in [0.4, 0.5) is 16.2 Å². The molecule has 1 aromatic carbocycles. The molecule has 0 unspecified atom stereocenters. The quantitative estimate of drug-likeness (QED) is 0.476. The monoisotopic (exact) mass is 248 g/mol. The number of nitro groups is 1. The van der Waals surface area contributed by atoms with E-state index in [1.54, 1.807) is 0 Å². The molecule has 2 aromatic rings. The molecule has 0 atom stereocenters. The fourth-order valence-corrected chi connectivity index (χ4v) is 1.34. The first-order valence-electron chi connectivity index (χ1n) is 4.84. The van der Waals surface area contributed by atoms with Gasteiger partial charge in [-0.1, -0.05) is 0 Å². The number of imidazole rings is 1. The van der Waals surface area contributed by atoms with E-state index in [4.69, 9.17) is 0 Å². The van der Waals surface area contributed by atoms with Crippen LogP contribution in [0.1, 0.15) is 0 Å². The molecule has 1 amide bonds. The maximum absolute atomic E-state index is 11.7. The Morgan fingerprint density at radius 2 is 2.28 bits per heavy atom. The van der Waals surface area contributed by atoms with Crippen LogP contribution < -0.4 is 5.32 Å². The zero-order valence-electron chi connectivity index (χ0n) is 8.98. The van der Waals surface area contributed by atoms with E-state index in [0.29, 0.717) is 0 Å². The summed E-state index contributed by atoms with van der Waals surface area (Å²) in [5.41, 5.74) is -0.389. The number of carbonyl (C=O) groups is 1. The van der Waals surface area contributed by atoms with Gasteiger partial charge in [0.2, 0.25) is 0 Å². The van der Waals surface area contributed by atoms with Crippen molar-refractivity contribution in [2.75, 3.05) is 5.32 Å². The number of nitrogens with zero attached hydrogens (tertiary/aromatic N) is 3. The predicted molar refractivity (Wildman–Crippen MR) is 61.4 cm³/mol. The van der Waals surface area contributed by atoms with Crippen LogP contribution in [0.15, 0.2) is 36.9 Å². The number of amides is 1. The van der Waals surface area contributed by atoms with Crippen LogP contribution in [0.2, 0.25) is 0 Å². The molecule has 0 aliphatic carbocycles. The number of rotatable bonds is 2. The highest BCUT2D eigenvalue weighted by molar-refractivity contribution is 5.93. The van der Waals surface area contributed by atoms with Gasteiger partial charge in [0, 0.05) is 12.4 Å². The molecule has 0 aliphatic rings. The molecule has 2 N–H and O–H groups in total. The lowest BCUT2D eigenvalue weighted by Gasteiger charge is -2.06. The van der Waals surface area contributed by atoms with E-state index in [-0.39, 0.29) is 17.1 Å². The largest absolute Gasteiger partial charge is 0.508 e. The third-order valence-electron chi connectivity index (χ3n) is 2.16. The fourth-order valence-electron chi connectivity index (χ4n) is 1.34. The van der Waals surface area contributed by atoms with E-state index in [2.05, 4.69) is 10.3 Å². The molecular formula is C10H8N4O4. The topological polar surface area (TPSA) is 110 Å². The molecule has 8 heteroatoms. The lowest BCUT2D eigenvalue weighted by atomic mass is 10.2. The van der Waals surface area contributed by atoms with Crippen molar-refractivity contribution in [1.82, 2.24) is 9.55 Å². The molecule has 0 fully saturated rings. The number of carbonyl (C=O) groups excluding carboxylic acids is 1. The molecule has 92 valence electrons. The number of benzene rings is 1. The predicted octanol–water partition coefficient (Wildman–Crippen LogP) is 1.58. The highest BCUT2D eigenvalue weighted by Crippen LogP contribution is 2.28. The van der Waals surface area contributed by atoms with Crippen molar-refractivity contribution >= 4 is 17.4 Å². The van der Waals surface area contributed by atoms with E-state index >= 15 is 0 Å². The third-order valence-corrected chi connectivity index (χ3v) is 2.16. The zero-order valence-corrected chi connectivity index (χ0v) is 8.98. The van der Waals surface area contributed by atoms with Crippen molar-refractivity contribution in [1.29, 1.82) is 0 Å².